The lowest BCUT2D eigenvalue weighted by Crippen LogP contribution is -2.46. The molecule has 4 rings (SSSR count). The molecule has 0 aliphatic carbocycles. The predicted octanol–water partition coefficient (Wildman–Crippen LogP) is 1.09. The highest BCUT2D eigenvalue weighted by molar-refractivity contribution is 6.08. The maximum Gasteiger partial charge on any atom is 0.328 e. The summed E-state index contributed by atoms with van der Waals surface area (Å²) in [6, 6.07) is 7.78. The Morgan fingerprint density at radius 1 is 1.00 bits per heavy atom. The van der Waals surface area contributed by atoms with Gasteiger partial charge in [0, 0.05) is 19.6 Å². The maximum atomic E-state index is 12.7. The molecule has 0 bridgehead atoms. The summed E-state index contributed by atoms with van der Waals surface area (Å²) in [7, 11) is 0. The van der Waals surface area contributed by atoms with Crippen LogP contribution in [-0.2, 0) is 16.1 Å². The number of benzene rings is 1. The molecule has 0 radical (unpaired) electrons. The summed E-state index contributed by atoms with van der Waals surface area (Å²) in [6.07, 6.45) is 2.02. The van der Waals surface area contributed by atoms with Crippen molar-refractivity contribution < 1.29 is 14.4 Å². The van der Waals surface area contributed by atoms with Crippen LogP contribution in [0.15, 0.2) is 24.3 Å². The molecule has 3 aliphatic rings. The Bertz CT molecular complexity index is 761. The third-order valence-corrected chi connectivity index (χ3v) is 5.26. The number of hydrogen-bond acceptors (Lipinski definition) is 4. The average molecular weight is 338 g/mol. The Hall–Kier alpha value is -2.88. The standard InChI is InChI=1S/C18H18N4O3/c19-10-12-3-5-13(6-4-12)11-20-9-7-15(16(20)23)22-17(24)14-2-1-8-21(14)18(22)25/h3-6,14-15H,1-2,7-9,11H2/t14-,15+/m1/s1. The first kappa shape index (κ1) is 15.6. The first-order chi connectivity index (χ1) is 12.1. The molecule has 0 unspecified atom stereocenters. The van der Waals surface area contributed by atoms with E-state index in [0.717, 1.165) is 12.0 Å². The molecule has 0 spiro atoms. The summed E-state index contributed by atoms with van der Waals surface area (Å²) in [6.45, 7) is 1.54. The fourth-order valence-corrected chi connectivity index (χ4v) is 3.96. The number of amides is 4. The number of urea groups is 1. The first-order valence-corrected chi connectivity index (χ1v) is 8.51. The molecule has 0 N–H and O–H groups in total. The molecule has 7 nitrogen and oxygen atoms in total. The average Bonchev–Trinajstić information content (AvgIpc) is 3.29. The lowest BCUT2D eigenvalue weighted by atomic mass is 10.1. The van der Waals surface area contributed by atoms with Gasteiger partial charge in [0.25, 0.3) is 5.91 Å². The smallest absolute Gasteiger partial charge is 0.328 e. The number of hydrogen-bond donors (Lipinski definition) is 0. The number of carbonyl (C=O) groups excluding carboxylic acids is 3. The van der Waals surface area contributed by atoms with Crippen molar-refractivity contribution in [2.45, 2.75) is 37.9 Å². The molecule has 25 heavy (non-hydrogen) atoms. The molecule has 1 aromatic rings. The van der Waals surface area contributed by atoms with Crippen LogP contribution in [0.1, 0.15) is 30.4 Å². The van der Waals surface area contributed by atoms with E-state index in [2.05, 4.69) is 6.07 Å². The van der Waals surface area contributed by atoms with E-state index < -0.39 is 6.04 Å². The van der Waals surface area contributed by atoms with Crippen molar-refractivity contribution in [2.75, 3.05) is 13.1 Å². The van der Waals surface area contributed by atoms with Crippen molar-refractivity contribution in [3.8, 4) is 6.07 Å². The van der Waals surface area contributed by atoms with Crippen LogP contribution in [0.2, 0.25) is 0 Å². The fraction of sp³-hybridized carbons (Fsp3) is 0.444. The molecular formula is C18H18N4O3. The van der Waals surface area contributed by atoms with Crippen LogP contribution in [-0.4, -0.2) is 57.7 Å². The van der Waals surface area contributed by atoms with Gasteiger partial charge in [-0.15, -0.1) is 0 Å². The molecule has 0 saturated carbocycles. The zero-order valence-corrected chi connectivity index (χ0v) is 13.7. The Balaban J connectivity index is 1.47. The van der Waals surface area contributed by atoms with Gasteiger partial charge in [0.05, 0.1) is 11.6 Å². The van der Waals surface area contributed by atoms with Crippen molar-refractivity contribution in [3.63, 3.8) is 0 Å². The van der Waals surface area contributed by atoms with Gasteiger partial charge in [-0.05, 0) is 37.0 Å². The molecule has 3 heterocycles. The number of rotatable bonds is 3. The molecule has 4 amide bonds. The second kappa shape index (κ2) is 5.88. The van der Waals surface area contributed by atoms with Crippen LogP contribution >= 0.6 is 0 Å². The molecule has 0 aromatic heterocycles. The maximum absolute atomic E-state index is 12.7. The van der Waals surface area contributed by atoms with Crippen LogP contribution in [0.5, 0.6) is 0 Å². The lowest BCUT2D eigenvalue weighted by molar-refractivity contribution is -0.138. The van der Waals surface area contributed by atoms with Crippen LogP contribution in [0, 0.1) is 11.3 Å². The van der Waals surface area contributed by atoms with Gasteiger partial charge in [-0.25, -0.2) is 9.69 Å². The van der Waals surface area contributed by atoms with E-state index in [1.165, 1.54) is 4.90 Å². The second-order valence-electron chi connectivity index (χ2n) is 6.72. The minimum atomic E-state index is -0.677. The van der Waals surface area contributed by atoms with Gasteiger partial charge in [0.1, 0.15) is 12.1 Å². The van der Waals surface area contributed by atoms with Crippen LogP contribution in [0.3, 0.4) is 0 Å². The Kier molecular flexibility index (Phi) is 3.68. The zero-order chi connectivity index (χ0) is 17.6. The van der Waals surface area contributed by atoms with Crippen LogP contribution in [0.4, 0.5) is 4.79 Å². The third-order valence-electron chi connectivity index (χ3n) is 5.26. The van der Waals surface area contributed by atoms with E-state index in [1.807, 2.05) is 12.1 Å². The number of nitriles is 1. The van der Waals surface area contributed by atoms with E-state index in [-0.39, 0.29) is 23.9 Å². The lowest BCUT2D eigenvalue weighted by Gasteiger charge is -2.22. The van der Waals surface area contributed by atoms with Crippen molar-refractivity contribution >= 4 is 17.8 Å². The summed E-state index contributed by atoms with van der Waals surface area (Å²) in [4.78, 5) is 42.2. The number of fused-ring (bicyclic) bond motifs is 1. The number of nitrogens with zero attached hydrogens (tertiary/aromatic N) is 4. The largest absolute Gasteiger partial charge is 0.336 e. The van der Waals surface area contributed by atoms with Crippen molar-refractivity contribution in [3.05, 3.63) is 35.4 Å². The normalized spacial score (nSPS) is 25.7. The zero-order valence-electron chi connectivity index (χ0n) is 13.7. The quantitative estimate of drug-likeness (QED) is 0.772. The number of likely N-dealkylation sites (tertiary alicyclic amines) is 1. The summed E-state index contributed by atoms with van der Waals surface area (Å²) in [5.74, 6) is -0.395. The van der Waals surface area contributed by atoms with Crippen LogP contribution in [0.25, 0.3) is 0 Å². The molecule has 3 saturated heterocycles. The topological polar surface area (TPSA) is 84.7 Å². The van der Waals surface area contributed by atoms with E-state index in [1.54, 1.807) is 21.9 Å². The fourth-order valence-electron chi connectivity index (χ4n) is 3.96. The molecule has 1 aromatic carbocycles. The van der Waals surface area contributed by atoms with Gasteiger partial charge in [0.2, 0.25) is 5.91 Å². The van der Waals surface area contributed by atoms with E-state index in [0.29, 0.717) is 38.0 Å². The number of imide groups is 1. The second-order valence-corrected chi connectivity index (χ2v) is 6.72. The van der Waals surface area contributed by atoms with Gasteiger partial charge in [-0.3, -0.25) is 9.59 Å². The highest BCUT2D eigenvalue weighted by atomic mass is 16.2. The molecule has 3 aliphatic heterocycles. The van der Waals surface area contributed by atoms with Gasteiger partial charge in [-0.2, -0.15) is 5.26 Å². The molecule has 3 fully saturated rings. The minimum absolute atomic E-state index is 0.174. The molecule has 128 valence electrons. The van der Waals surface area contributed by atoms with Crippen molar-refractivity contribution in [1.82, 2.24) is 14.7 Å². The van der Waals surface area contributed by atoms with Gasteiger partial charge >= 0.3 is 6.03 Å². The monoisotopic (exact) mass is 338 g/mol. The molecule has 7 heteroatoms. The Morgan fingerprint density at radius 3 is 2.44 bits per heavy atom. The van der Waals surface area contributed by atoms with Crippen molar-refractivity contribution in [1.29, 1.82) is 5.26 Å². The molecular weight excluding hydrogens is 320 g/mol. The first-order valence-electron chi connectivity index (χ1n) is 8.51. The third kappa shape index (κ3) is 2.45. The summed E-state index contributed by atoms with van der Waals surface area (Å²) in [5.41, 5.74) is 1.50. The van der Waals surface area contributed by atoms with Gasteiger partial charge in [-0.1, -0.05) is 12.1 Å². The highest BCUT2D eigenvalue weighted by Gasteiger charge is 2.53. The van der Waals surface area contributed by atoms with Gasteiger partial charge < -0.3 is 9.80 Å². The molecule has 2 atom stereocenters. The predicted molar refractivity (Wildman–Crippen MR) is 86.9 cm³/mol. The SMILES string of the molecule is N#Cc1ccc(CN2CC[C@H](N3C(=O)[C@H]4CCCN4C3=O)C2=O)cc1. The van der Waals surface area contributed by atoms with E-state index >= 15 is 0 Å². The Morgan fingerprint density at radius 2 is 1.76 bits per heavy atom. The summed E-state index contributed by atoms with van der Waals surface area (Å²) >= 11 is 0. The summed E-state index contributed by atoms with van der Waals surface area (Å²) < 4.78 is 0. The van der Waals surface area contributed by atoms with Gasteiger partial charge in [0.15, 0.2) is 0 Å². The minimum Gasteiger partial charge on any atom is -0.336 e. The van der Waals surface area contributed by atoms with Crippen LogP contribution < -0.4 is 0 Å². The Labute approximate surface area is 145 Å². The number of carbonyl (C=O) groups is 3. The van der Waals surface area contributed by atoms with E-state index in [9.17, 15) is 14.4 Å². The highest BCUT2D eigenvalue weighted by Crippen LogP contribution is 2.31. The summed E-state index contributed by atoms with van der Waals surface area (Å²) in [5, 5.41) is 8.84. The van der Waals surface area contributed by atoms with Crippen molar-refractivity contribution in [2.24, 2.45) is 0 Å². The van der Waals surface area contributed by atoms with E-state index in [4.69, 9.17) is 5.26 Å².